The van der Waals surface area contributed by atoms with Crippen molar-refractivity contribution in [3.63, 3.8) is 0 Å². The van der Waals surface area contributed by atoms with E-state index >= 15 is 0 Å². The minimum absolute atomic E-state index is 0.719. The van der Waals surface area contributed by atoms with E-state index in [9.17, 15) is 0 Å². The van der Waals surface area contributed by atoms with E-state index in [0.717, 1.165) is 23.9 Å². The first kappa shape index (κ1) is 9.47. The lowest BCUT2D eigenvalue weighted by atomic mass is 9.82. The Bertz CT molecular complexity index is 177. The van der Waals surface area contributed by atoms with Crippen LogP contribution in [-0.4, -0.2) is 36.6 Å². The smallest absolute Gasteiger partial charge is 0.0113 e. The van der Waals surface area contributed by atoms with Crippen molar-refractivity contribution in [1.82, 2.24) is 10.2 Å². The molecule has 0 bridgehead atoms. The van der Waals surface area contributed by atoms with Crippen molar-refractivity contribution in [2.75, 3.05) is 19.6 Å². The van der Waals surface area contributed by atoms with E-state index < -0.39 is 0 Å². The van der Waals surface area contributed by atoms with Gasteiger partial charge in [0, 0.05) is 12.1 Å². The summed E-state index contributed by atoms with van der Waals surface area (Å²) in [5.74, 6) is 1.88. The maximum Gasteiger partial charge on any atom is 0.0113 e. The van der Waals surface area contributed by atoms with Crippen LogP contribution in [0.15, 0.2) is 0 Å². The lowest BCUT2D eigenvalue weighted by Crippen LogP contribution is -2.50. The normalized spacial score (nSPS) is 41.1. The van der Waals surface area contributed by atoms with E-state index in [-0.39, 0.29) is 0 Å². The summed E-state index contributed by atoms with van der Waals surface area (Å²) in [6, 6.07) is 1.50. The predicted molar refractivity (Wildman–Crippen MR) is 55.8 cm³/mol. The molecule has 2 saturated heterocycles. The van der Waals surface area contributed by atoms with E-state index in [2.05, 4.69) is 31.0 Å². The number of nitrogens with one attached hydrogen (secondary N) is 1. The zero-order valence-electron chi connectivity index (χ0n) is 9.09. The fraction of sp³-hybridized carbons (Fsp3) is 1.00. The number of hydrogen-bond donors (Lipinski definition) is 1. The lowest BCUT2D eigenvalue weighted by molar-refractivity contribution is 0.0579. The minimum Gasteiger partial charge on any atom is -0.316 e. The molecule has 0 radical (unpaired) electrons. The molecule has 3 atom stereocenters. The van der Waals surface area contributed by atoms with Crippen molar-refractivity contribution >= 4 is 0 Å². The van der Waals surface area contributed by atoms with E-state index in [1.54, 1.807) is 0 Å². The fourth-order valence-corrected chi connectivity index (χ4v) is 3.13. The highest BCUT2D eigenvalue weighted by Crippen LogP contribution is 2.32. The second kappa shape index (κ2) is 3.58. The summed E-state index contributed by atoms with van der Waals surface area (Å²) in [6.07, 6.45) is 1.40. The number of nitrogens with zero attached hydrogens (tertiary/aromatic N) is 1. The molecule has 0 amide bonds. The second-order valence-corrected chi connectivity index (χ2v) is 4.94. The molecule has 3 unspecified atom stereocenters. The molecule has 76 valence electrons. The molecular formula is C11H22N2. The van der Waals surface area contributed by atoms with E-state index in [1.165, 1.54) is 26.1 Å². The molecule has 0 aromatic heterocycles. The van der Waals surface area contributed by atoms with Crippen LogP contribution in [0.25, 0.3) is 0 Å². The molecule has 2 heteroatoms. The van der Waals surface area contributed by atoms with Crippen molar-refractivity contribution in [3.05, 3.63) is 0 Å². The molecule has 2 rings (SSSR count). The van der Waals surface area contributed by atoms with Crippen LogP contribution in [0.4, 0.5) is 0 Å². The van der Waals surface area contributed by atoms with Gasteiger partial charge < -0.3 is 5.32 Å². The maximum absolute atomic E-state index is 3.53. The highest BCUT2D eigenvalue weighted by molar-refractivity contribution is 4.93. The van der Waals surface area contributed by atoms with Crippen molar-refractivity contribution in [2.24, 2.45) is 11.8 Å². The summed E-state index contributed by atoms with van der Waals surface area (Å²) >= 11 is 0. The molecule has 2 nitrogen and oxygen atoms in total. The first-order chi connectivity index (χ1) is 6.20. The molecule has 0 aromatic carbocycles. The van der Waals surface area contributed by atoms with Crippen molar-refractivity contribution < 1.29 is 0 Å². The van der Waals surface area contributed by atoms with Gasteiger partial charge in [0.1, 0.15) is 0 Å². The molecule has 2 fully saturated rings. The summed E-state index contributed by atoms with van der Waals surface area (Å²) < 4.78 is 0. The largest absolute Gasteiger partial charge is 0.316 e. The molecule has 0 saturated carbocycles. The van der Waals surface area contributed by atoms with Gasteiger partial charge in [-0.1, -0.05) is 0 Å². The standard InChI is InChI=1S/C11H22N2/c1-8(2)13-5-4-10-6-12-7-11(10)9(13)3/h8-12H,4-7H2,1-3H3. The number of fused-ring (bicyclic) bond motifs is 1. The van der Waals surface area contributed by atoms with Gasteiger partial charge in [-0.3, -0.25) is 4.90 Å². The Morgan fingerprint density at radius 3 is 2.77 bits per heavy atom. The van der Waals surface area contributed by atoms with Crippen LogP contribution in [0.2, 0.25) is 0 Å². The van der Waals surface area contributed by atoms with Crippen LogP contribution in [0.1, 0.15) is 27.2 Å². The van der Waals surface area contributed by atoms with Crippen LogP contribution in [-0.2, 0) is 0 Å². The van der Waals surface area contributed by atoms with Crippen molar-refractivity contribution in [3.8, 4) is 0 Å². The van der Waals surface area contributed by atoms with Crippen LogP contribution in [0.5, 0.6) is 0 Å². The SMILES string of the molecule is CC(C)N1CCC2CNCC2C1C. The Morgan fingerprint density at radius 2 is 2.08 bits per heavy atom. The molecule has 2 aliphatic rings. The third-order valence-corrected chi connectivity index (χ3v) is 3.96. The Morgan fingerprint density at radius 1 is 1.31 bits per heavy atom. The zero-order valence-corrected chi connectivity index (χ0v) is 9.09. The topological polar surface area (TPSA) is 15.3 Å². The van der Waals surface area contributed by atoms with Crippen molar-refractivity contribution in [1.29, 1.82) is 0 Å². The van der Waals surface area contributed by atoms with Gasteiger partial charge in [-0.15, -0.1) is 0 Å². The first-order valence-electron chi connectivity index (χ1n) is 5.66. The second-order valence-electron chi connectivity index (χ2n) is 4.94. The third kappa shape index (κ3) is 1.62. The van der Waals surface area contributed by atoms with E-state index in [0.29, 0.717) is 0 Å². The molecular weight excluding hydrogens is 160 g/mol. The molecule has 0 aromatic rings. The fourth-order valence-electron chi connectivity index (χ4n) is 3.13. The van der Waals surface area contributed by atoms with Gasteiger partial charge in [-0.05, 0) is 58.7 Å². The molecule has 13 heavy (non-hydrogen) atoms. The van der Waals surface area contributed by atoms with Gasteiger partial charge in [0.15, 0.2) is 0 Å². The Kier molecular flexibility index (Phi) is 2.61. The predicted octanol–water partition coefficient (Wildman–Crippen LogP) is 1.32. The van der Waals surface area contributed by atoms with Gasteiger partial charge in [0.2, 0.25) is 0 Å². The summed E-state index contributed by atoms with van der Waals surface area (Å²) in [5, 5.41) is 3.53. The Labute approximate surface area is 81.7 Å². The first-order valence-corrected chi connectivity index (χ1v) is 5.66. The summed E-state index contributed by atoms with van der Waals surface area (Å²) in [4.78, 5) is 2.66. The third-order valence-electron chi connectivity index (χ3n) is 3.96. The Balaban J connectivity index is 2.04. The Hall–Kier alpha value is -0.0800. The number of rotatable bonds is 1. The summed E-state index contributed by atoms with van der Waals surface area (Å²) in [7, 11) is 0. The van der Waals surface area contributed by atoms with Gasteiger partial charge >= 0.3 is 0 Å². The van der Waals surface area contributed by atoms with E-state index in [1.807, 2.05) is 0 Å². The van der Waals surface area contributed by atoms with Gasteiger partial charge in [-0.2, -0.15) is 0 Å². The van der Waals surface area contributed by atoms with Crippen molar-refractivity contribution in [2.45, 2.75) is 39.3 Å². The average Bonchev–Trinajstić information content (AvgIpc) is 2.52. The molecule has 2 aliphatic heterocycles. The van der Waals surface area contributed by atoms with Crippen LogP contribution < -0.4 is 5.32 Å². The highest BCUT2D eigenvalue weighted by atomic mass is 15.2. The average molecular weight is 182 g/mol. The molecule has 2 heterocycles. The summed E-state index contributed by atoms with van der Waals surface area (Å²) in [6.45, 7) is 10.9. The van der Waals surface area contributed by atoms with Crippen LogP contribution >= 0.6 is 0 Å². The number of hydrogen-bond acceptors (Lipinski definition) is 2. The molecule has 0 spiro atoms. The monoisotopic (exact) mass is 182 g/mol. The molecule has 0 aliphatic carbocycles. The zero-order chi connectivity index (χ0) is 9.42. The summed E-state index contributed by atoms with van der Waals surface area (Å²) in [5.41, 5.74) is 0. The van der Waals surface area contributed by atoms with Gasteiger partial charge in [0.05, 0.1) is 0 Å². The number of likely N-dealkylation sites (tertiary alicyclic amines) is 1. The number of piperidine rings is 1. The molecule has 1 N–H and O–H groups in total. The maximum atomic E-state index is 3.53. The van der Waals surface area contributed by atoms with E-state index in [4.69, 9.17) is 0 Å². The quantitative estimate of drug-likeness (QED) is 0.658. The van der Waals surface area contributed by atoms with Crippen LogP contribution in [0.3, 0.4) is 0 Å². The highest BCUT2D eigenvalue weighted by Gasteiger charge is 2.38. The van der Waals surface area contributed by atoms with Gasteiger partial charge in [0.25, 0.3) is 0 Å². The van der Waals surface area contributed by atoms with Gasteiger partial charge in [-0.25, -0.2) is 0 Å². The lowest BCUT2D eigenvalue weighted by Gasteiger charge is -2.43. The minimum atomic E-state index is 0.719. The van der Waals surface area contributed by atoms with Crippen LogP contribution in [0, 0.1) is 11.8 Å².